The lowest BCUT2D eigenvalue weighted by molar-refractivity contribution is -0.120. The Labute approximate surface area is 371 Å². The maximum Gasteiger partial charge on any atom is 0.328 e. The number of hydrogen-bond donors (Lipinski definition) is 4. The number of carbonyl (C=O) groups excluding carboxylic acids is 4. The van der Waals surface area contributed by atoms with Gasteiger partial charge in [-0.3, -0.25) is 29.5 Å². The van der Waals surface area contributed by atoms with Crippen LogP contribution in [0.1, 0.15) is 56.7 Å². The Kier molecular flexibility index (Phi) is 11.9. The highest BCUT2D eigenvalue weighted by Gasteiger charge is 2.29. The highest BCUT2D eigenvalue weighted by Crippen LogP contribution is 2.37. The molecule has 3 fully saturated rings. The molecular weight excluding hydrogens is 816 g/mol. The molecule has 0 atom stereocenters. The Morgan fingerprint density at radius 3 is 2.28 bits per heavy atom. The number of aryl methyl sites for hydroxylation is 3. The normalized spacial score (nSPS) is 17.0. The van der Waals surface area contributed by atoms with E-state index < -0.39 is 17.6 Å². The minimum absolute atomic E-state index is 0.112. The summed E-state index contributed by atoms with van der Waals surface area (Å²) in [6.07, 6.45) is 3.30. The summed E-state index contributed by atoms with van der Waals surface area (Å²) in [5.74, 6) is -0.299. The van der Waals surface area contributed by atoms with Gasteiger partial charge in [-0.25, -0.2) is 13.9 Å². The molecule has 0 spiro atoms. The number of rotatable bonds is 11. The molecule has 4 aliphatic heterocycles. The van der Waals surface area contributed by atoms with Gasteiger partial charge in [0, 0.05) is 100 Å². The lowest BCUT2D eigenvalue weighted by atomic mass is 9.95. The number of primary amides is 1. The van der Waals surface area contributed by atoms with E-state index in [2.05, 4.69) is 61.0 Å². The molecule has 0 radical (unpaired) electrons. The van der Waals surface area contributed by atoms with Gasteiger partial charge in [0.2, 0.25) is 5.91 Å². The van der Waals surface area contributed by atoms with Gasteiger partial charge >= 0.3 is 6.03 Å². The SMILES string of the molecule is COc1ccc(F)cc1C(=O)NCc1ccc(-c2nn3c(c2C(N)=O)Nc2ccc(N4CCN(CC5CCN(c6ccc(N7CCC(=O)NC7=O)cc6)CC5)CC4)cc2CC3)cc1C. The lowest BCUT2D eigenvalue weighted by Crippen LogP contribution is -2.49. The number of methoxy groups -OCH3 is 1. The van der Waals surface area contributed by atoms with Gasteiger partial charge in [0.1, 0.15) is 28.6 Å². The van der Waals surface area contributed by atoms with Gasteiger partial charge in [-0.2, -0.15) is 5.10 Å². The minimum atomic E-state index is -0.581. The number of aromatic nitrogens is 2. The summed E-state index contributed by atoms with van der Waals surface area (Å²) < 4.78 is 21.0. The van der Waals surface area contributed by atoms with Crippen LogP contribution < -0.4 is 41.1 Å². The van der Waals surface area contributed by atoms with Crippen molar-refractivity contribution < 1.29 is 28.3 Å². The van der Waals surface area contributed by atoms with Gasteiger partial charge in [-0.15, -0.1) is 0 Å². The maximum atomic E-state index is 13.9. The van der Waals surface area contributed by atoms with Crippen LogP contribution in [0.25, 0.3) is 11.3 Å². The number of amides is 5. The smallest absolute Gasteiger partial charge is 0.328 e. The quantitative estimate of drug-likeness (QED) is 0.127. The van der Waals surface area contributed by atoms with Crippen LogP contribution in [-0.4, -0.2) is 97.9 Å². The molecule has 64 heavy (non-hydrogen) atoms. The molecular formula is C48H53FN10O5. The number of nitrogens with one attached hydrogen (secondary N) is 3. The van der Waals surface area contributed by atoms with Crippen LogP contribution in [0.5, 0.6) is 5.75 Å². The molecule has 332 valence electrons. The maximum absolute atomic E-state index is 13.9. The second-order valence-corrected chi connectivity index (χ2v) is 17.0. The van der Waals surface area contributed by atoms with Crippen molar-refractivity contribution in [3.8, 4) is 17.0 Å². The van der Waals surface area contributed by atoms with Gasteiger partial charge in [0.15, 0.2) is 0 Å². The highest BCUT2D eigenvalue weighted by atomic mass is 19.1. The van der Waals surface area contributed by atoms with E-state index in [1.807, 2.05) is 41.9 Å². The molecule has 15 nitrogen and oxygen atoms in total. The Bertz CT molecular complexity index is 2600. The van der Waals surface area contributed by atoms with Gasteiger partial charge in [0.25, 0.3) is 11.8 Å². The first-order valence-electron chi connectivity index (χ1n) is 22.0. The molecule has 0 unspecified atom stereocenters. The van der Waals surface area contributed by atoms with Crippen molar-refractivity contribution >= 4 is 52.3 Å². The molecule has 0 aliphatic carbocycles. The van der Waals surface area contributed by atoms with Crippen molar-refractivity contribution in [1.82, 2.24) is 25.3 Å². The summed E-state index contributed by atoms with van der Waals surface area (Å²) in [6.45, 7) is 10.1. The fraction of sp³-hybridized carbons (Fsp3) is 0.354. The van der Waals surface area contributed by atoms with E-state index in [0.29, 0.717) is 42.5 Å². The summed E-state index contributed by atoms with van der Waals surface area (Å²) in [4.78, 5) is 58.9. The molecule has 1 aromatic heterocycles. The molecule has 9 rings (SSSR count). The minimum Gasteiger partial charge on any atom is -0.496 e. The summed E-state index contributed by atoms with van der Waals surface area (Å²) in [7, 11) is 1.43. The van der Waals surface area contributed by atoms with Crippen LogP contribution in [0.2, 0.25) is 0 Å². The largest absolute Gasteiger partial charge is 0.496 e. The third-order valence-electron chi connectivity index (χ3n) is 13.0. The fourth-order valence-electron chi connectivity index (χ4n) is 9.40. The third kappa shape index (κ3) is 8.82. The number of imide groups is 1. The van der Waals surface area contributed by atoms with Crippen molar-refractivity contribution in [2.75, 3.05) is 79.5 Å². The monoisotopic (exact) mass is 868 g/mol. The molecule has 16 heteroatoms. The topological polar surface area (TPSA) is 170 Å². The number of piperidine rings is 1. The summed E-state index contributed by atoms with van der Waals surface area (Å²) in [5.41, 5.74) is 14.6. The van der Waals surface area contributed by atoms with Crippen molar-refractivity contribution in [2.45, 2.75) is 45.7 Å². The molecule has 5 amide bonds. The van der Waals surface area contributed by atoms with Crippen molar-refractivity contribution in [2.24, 2.45) is 11.7 Å². The molecule has 4 aromatic carbocycles. The molecule has 0 bridgehead atoms. The highest BCUT2D eigenvalue weighted by molar-refractivity contribution is 6.06. The number of piperazine rings is 1. The average molecular weight is 869 g/mol. The van der Waals surface area contributed by atoms with Crippen molar-refractivity contribution in [3.63, 3.8) is 0 Å². The van der Waals surface area contributed by atoms with Gasteiger partial charge in [-0.1, -0.05) is 12.1 Å². The molecule has 0 saturated carbocycles. The zero-order valence-electron chi connectivity index (χ0n) is 36.2. The van der Waals surface area contributed by atoms with E-state index in [9.17, 15) is 23.6 Å². The standard InChI is InChI=1S/C48H53FN10O5/c1-30-25-33(3-4-34(30)28-51-47(62)39-27-35(49)5-12-41(39)64-2)44-43(45(50)61)46-52-40-11-10-38(26-32(40)15-20-59(46)54-44)57-23-21-55(22-24-57)29-31-13-17-56(18-14-31)36-6-8-37(9-7-36)58-19-16-42(60)53-48(58)63/h3-12,25-27,31,52H,13-24,28-29H2,1-2H3,(H2,50,61)(H,51,62)(H,53,60,63). The Morgan fingerprint density at radius 1 is 0.828 bits per heavy atom. The van der Waals surface area contributed by atoms with Gasteiger partial charge < -0.3 is 30.9 Å². The van der Waals surface area contributed by atoms with E-state index >= 15 is 0 Å². The van der Waals surface area contributed by atoms with Crippen LogP contribution in [0.15, 0.2) is 78.9 Å². The average Bonchev–Trinajstić information content (AvgIpc) is 3.57. The number of anilines is 5. The number of urea groups is 1. The lowest BCUT2D eigenvalue weighted by Gasteiger charge is -2.40. The zero-order valence-corrected chi connectivity index (χ0v) is 36.2. The first-order chi connectivity index (χ1) is 31.0. The fourth-order valence-corrected chi connectivity index (χ4v) is 9.40. The third-order valence-corrected chi connectivity index (χ3v) is 13.0. The molecule has 5 aromatic rings. The molecule has 4 aliphatic rings. The van der Waals surface area contributed by atoms with Crippen LogP contribution in [0.4, 0.5) is 37.8 Å². The van der Waals surface area contributed by atoms with Gasteiger partial charge in [-0.05, 0) is 116 Å². The number of ether oxygens (including phenoxy) is 1. The summed E-state index contributed by atoms with van der Waals surface area (Å²) in [6, 6.07) is 23.7. The van der Waals surface area contributed by atoms with Gasteiger partial charge in [0.05, 0.1) is 12.7 Å². The summed E-state index contributed by atoms with van der Waals surface area (Å²) >= 11 is 0. The van der Waals surface area contributed by atoms with E-state index in [4.69, 9.17) is 15.6 Å². The van der Waals surface area contributed by atoms with E-state index in [0.717, 1.165) is 110 Å². The number of benzene rings is 4. The summed E-state index contributed by atoms with van der Waals surface area (Å²) in [5, 5.41) is 13.6. The van der Waals surface area contributed by atoms with Crippen LogP contribution in [-0.2, 0) is 24.3 Å². The molecule has 3 saturated heterocycles. The van der Waals surface area contributed by atoms with Crippen LogP contribution in [0, 0.1) is 18.7 Å². The predicted octanol–water partition coefficient (Wildman–Crippen LogP) is 5.82. The number of hydrogen-bond acceptors (Lipinski definition) is 10. The number of carbonyl (C=O) groups is 4. The number of nitrogens with zero attached hydrogens (tertiary/aromatic N) is 6. The van der Waals surface area contributed by atoms with Crippen molar-refractivity contribution in [1.29, 1.82) is 0 Å². The number of fused-ring (bicyclic) bond motifs is 2. The Morgan fingerprint density at radius 2 is 1.56 bits per heavy atom. The van der Waals surface area contributed by atoms with E-state index in [-0.39, 0.29) is 29.8 Å². The first kappa shape index (κ1) is 42.4. The second kappa shape index (κ2) is 18.0. The Balaban J connectivity index is 0.783. The second-order valence-electron chi connectivity index (χ2n) is 17.0. The molecule has 5 heterocycles. The van der Waals surface area contributed by atoms with Crippen molar-refractivity contribution in [3.05, 3.63) is 112 Å². The first-order valence-corrected chi connectivity index (χ1v) is 22.0. The van der Waals surface area contributed by atoms with Crippen LogP contribution >= 0.6 is 0 Å². The molecule has 5 N–H and O–H groups in total. The number of halogens is 1. The Hall–Kier alpha value is -6.94. The van der Waals surface area contributed by atoms with Crippen LogP contribution in [0.3, 0.4) is 0 Å². The number of nitrogens with two attached hydrogens (primary N) is 1. The van der Waals surface area contributed by atoms with E-state index in [1.165, 1.54) is 24.9 Å². The predicted molar refractivity (Wildman–Crippen MR) is 244 cm³/mol. The zero-order chi connectivity index (χ0) is 44.5. The van der Waals surface area contributed by atoms with E-state index in [1.54, 1.807) is 4.90 Å².